The van der Waals surface area contributed by atoms with E-state index in [0.29, 0.717) is 5.92 Å². The molecular formula is C35H37ClN4OS3. The molecule has 1 saturated heterocycles. The number of thiophene rings is 1. The van der Waals surface area contributed by atoms with Crippen LogP contribution in [0.2, 0.25) is 5.02 Å². The molecule has 7 rings (SSSR count). The summed E-state index contributed by atoms with van der Waals surface area (Å²) >= 11 is 11.9. The molecule has 1 aliphatic heterocycles. The van der Waals surface area contributed by atoms with Gasteiger partial charge in [0.15, 0.2) is 0 Å². The van der Waals surface area contributed by atoms with E-state index in [1.165, 1.54) is 57.8 Å². The summed E-state index contributed by atoms with van der Waals surface area (Å²) in [5.41, 5.74) is 2.40. The van der Waals surface area contributed by atoms with E-state index in [2.05, 4.69) is 98.9 Å². The standard InChI is InChI=1S/C35H37ClN4OS3/c1-39(44-34-13-12-33(42-34)31-16-19-41-38-31)24-35(27-8-5-9-29(36)20-27)21-28(35)23-40-17-14-25(15-18-40)22-37-43-32-11-4-7-26-6-2-3-10-30(26)32/h2-13,16,19-20,25,28,37H,14-15,17-18,21-24H2,1H3. The van der Waals surface area contributed by atoms with Gasteiger partial charge in [0.05, 0.1) is 9.09 Å². The number of piperidine rings is 1. The van der Waals surface area contributed by atoms with Gasteiger partial charge in [0.2, 0.25) is 0 Å². The van der Waals surface area contributed by atoms with Gasteiger partial charge in [0.1, 0.15) is 12.0 Å². The first-order chi connectivity index (χ1) is 21.6. The van der Waals surface area contributed by atoms with Crippen LogP contribution in [0, 0.1) is 11.8 Å². The predicted octanol–water partition coefficient (Wildman–Crippen LogP) is 9.12. The maximum Gasteiger partial charge on any atom is 0.124 e. The van der Waals surface area contributed by atoms with Gasteiger partial charge in [0.25, 0.3) is 0 Å². The van der Waals surface area contributed by atoms with E-state index in [1.54, 1.807) is 29.5 Å². The minimum absolute atomic E-state index is 0.131. The highest BCUT2D eigenvalue weighted by Gasteiger charge is 2.56. The second-order valence-corrected chi connectivity index (χ2v) is 16.1. The quantitative estimate of drug-likeness (QED) is 0.134. The molecule has 5 aromatic rings. The summed E-state index contributed by atoms with van der Waals surface area (Å²) in [6, 6.07) is 30.0. The number of halogens is 1. The third-order valence-electron chi connectivity index (χ3n) is 9.14. The van der Waals surface area contributed by atoms with E-state index in [-0.39, 0.29) is 5.41 Å². The largest absolute Gasteiger partial charge is 0.364 e. The molecule has 3 heterocycles. The molecule has 2 atom stereocenters. The fourth-order valence-corrected chi connectivity index (χ4v) is 10.0. The maximum atomic E-state index is 6.51. The minimum atomic E-state index is 0.131. The highest BCUT2D eigenvalue weighted by atomic mass is 35.5. The molecule has 0 radical (unpaired) electrons. The summed E-state index contributed by atoms with van der Waals surface area (Å²) in [5.74, 6) is 1.36. The summed E-state index contributed by atoms with van der Waals surface area (Å²) < 4.78 is 12.4. The second-order valence-electron chi connectivity index (χ2n) is 12.1. The van der Waals surface area contributed by atoms with Gasteiger partial charge >= 0.3 is 0 Å². The molecule has 1 saturated carbocycles. The molecule has 9 heteroatoms. The number of fused-ring (bicyclic) bond motifs is 1. The molecule has 2 aromatic heterocycles. The number of nitrogens with one attached hydrogen (secondary N) is 1. The van der Waals surface area contributed by atoms with Gasteiger partial charge in [-0.3, -0.25) is 4.72 Å². The summed E-state index contributed by atoms with van der Waals surface area (Å²) in [5, 5.41) is 7.55. The third-order valence-corrected chi connectivity index (χ3v) is 12.4. The summed E-state index contributed by atoms with van der Waals surface area (Å²) in [7, 11) is 2.22. The van der Waals surface area contributed by atoms with E-state index < -0.39 is 0 Å². The zero-order valence-corrected chi connectivity index (χ0v) is 28.0. The van der Waals surface area contributed by atoms with Gasteiger partial charge in [0, 0.05) is 41.0 Å². The molecule has 5 nitrogen and oxygen atoms in total. The van der Waals surface area contributed by atoms with Gasteiger partial charge in [-0.05, 0) is 122 Å². The van der Waals surface area contributed by atoms with E-state index in [9.17, 15) is 0 Å². The van der Waals surface area contributed by atoms with Crippen molar-refractivity contribution in [3.05, 3.63) is 102 Å². The highest BCUT2D eigenvalue weighted by Crippen LogP contribution is 2.56. The van der Waals surface area contributed by atoms with Crippen molar-refractivity contribution in [2.24, 2.45) is 11.8 Å². The fourth-order valence-electron chi connectivity index (χ4n) is 6.69. The lowest BCUT2D eigenvalue weighted by Crippen LogP contribution is -2.39. The summed E-state index contributed by atoms with van der Waals surface area (Å²) in [6.45, 7) is 5.56. The summed E-state index contributed by atoms with van der Waals surface area (Å²) in [4.78, 5) is 5.15. The first-order valence-electron chi connectivity index (χ1n) is 15.3. The topological polar surface area (TPSA) is 44.5 Å². The molecule has 0 bridgehead atoms. The first-order valence-corrected chi connectivity index (χ1v) is 18.1. The molecule has 44 heavy (non-hydrogen) atoms. The Labute approximate surface area is 277 Å². The van der Waals surface area contributed by atoms with Crippen molar-refractivity contribution in [2.75, 3.05) is 39.8 Å². The van der Waals surface area contributed by atoms with Crippen molar-refractivity contribution in [1.29, 1.82) is 0 Å². The predicted molar refractivity (Wildman–Crippen MR) is 187 cm³/mol. The zero-order chi connectivity index (χ0) is 29.9. The van der Waals surface area contributed by atoms with Gasteiger partial charge in [-0.2, -0.15) is 0 Å². The minimum Gasteiger partial charge on any atom is -0.364 e. The van der Waals surface area contributed by atoms with Gasteiger partial charge in [-0.25, -0.2) is 4.31 Å². The van der Waals surface area contributed by atoms with Crippen LogP contribution in [0.3, 0.4) is 0 Å². The maximum absolute atomic E-state index is 6.51. The van der Waals surface area contributed by atoms with Crippen LogP contribution in [0.15, 0.2) is 105 Å². The Morgan fingerprint density at radius 3 is 2.73 bits per heavy atom. The smallest absolute Gasteiger partial charge is 0.124 e. The zero-order valence-electron chi connectivity index (χ0n) is 24.8. The first kappa shape index (κ1) is 30.4. The molecule has 228 valence electrons. The number of hydrogen-bond donors (Lipinski definition) is 1. The molecular weight excluding hydrogens is 624 g/mol. The van der Waals surface area contributed by atoms with Crippen LogP contribution in [0.1, 0.15) is 24.8 Å². The lowest BCUT2D eigenvalue weighted by atomic mass is 9.92. The van der Waals surface area contributed by atoms with Crippen molar-refractivity contribution >= 4 is 57.6 Å². The van der Waals surface area contributed by atoms with Crippen molar-refractivity contribution < 1.29 is 4.52 Å². The third kappa shape index (κ3) is 6.92. The molecule has 3 aromatic carbocycles. The van der Waals surface area contributed by atoms with Crippen molar-refractivity contribution in [2.45, 2.75) is 33.8 Å². The molecule has 2 aliphatic rings. The van der Waals surface area contributed by atoms with Crippen molar-refractivity contribution in [3.8, 4) is 10.6 Å². The number of nitrogens with zero attached hydrogens (tertiary/aromatic N) is 3. The highest BCUT2D eigenvalue weighted by molar-refractivity contribution is 7.99. The summed E-state index contributed by atoms with van der Waals surface area (Å²) in [6.07, 6.45) is 5.34. The van der Waals surface area contributed by atoms with Crippen LogP contribution >= 0.6 is 46.8 Å². The second kappa shape index (κ2) is 13.6. The Kier molecular flexibility index (Phi) is 9.38. The number of hydrogen-bond acceptors (Lipinski definition) is 8. The van der Waals surface area contributed by atoms with Gasteiger partial charge in [-0.1, -0.05) is 65.3 Å². The lowest BCUT2D eigenvalue weighted by Gasteiger charge is -2.33. The molecule has 2 fully saturated rings. The van der Waals surface area contributed by atoms with Crippen LogP contribution in [0.25, 0.3) is 21.3 Å². The molecule has 1 N–H and O–H groups in total. The van der Waals surface area contributed by atoms with Crippen LogP contribution < -0.4 is 4.72 Å². The fraction of sp³-hybridized carbons (Fsp3) is 0.343. The Bertz CT molecular complexity index is 1680. The van der Waals surface area contributed by atoms with Crippen LogP contribution in [-0.4, -0.2) is 54.1 Å². The van der Waals surface area contributed by atoms with Gasteiger partial charge < -0.3 is 9.42 Å². The SMILES string of the molecule is CN(CC1(c2cccc(Cl)c2)CC1CN1CCC(CNSc2cccc3ccccc23)CC1)Sc1ccc(-c2ccon2)s1. The lowest BCUT2D eigenvalue weighted by molar-refractivity contribution is 0.174. The van der Waals surface area contributed by atoms with Gasteiger partial charge in [-0.15, -0.1) is 11.3 Å². The average Bonchev–Trinajstić information content (AvgIpc) is 3.37. The average molecular weight is 661 g/mol. The normalized spacial score (nSPS) is 20.9. The van der Waals surface area contributed by atoms with E-state index in [4.69, 9.17) is 16.1 Å². The van der Waals surface area contributed by atoms with Crippen LogP contribution in [0.5, 0.6) is 0 Å². The molecule has 1 aliphatic carbocycles. The Balaban J connectivity index is 0.929. The number of rotatable bonds is 12. The van der Waals surface area contributed by atoms with E-state index >= 15 is 0 Å². The Morgan fingerprint density at radius 2 is 1.89 bits per heavy atom. The number of likely N-dealkylation sites (tertiary alicyclic amines) is 1. The molecule has 0 amide bonds. The Hall–Kier alpha value is -2.30. The molecule has 0 spiro atoms. The molecule has 2 unspecified atom stereocenters. The number of aromatic nitrogens is 1. The van der Waals surface area contributed by atoms with E-state index in [0.717, 1.165) is 41.1 Å². The van der Waals surface area contributed by atoms with Crippen molar-refractivity contribution in [3.63, 3.8) is 0 Å². The Morgan fingerprint density at radius 1 is 1.05 bits per heavy atom. The van der Waals surface area contributed by atoms with Crippen LogP contribution in [0.4, 0.5) is 0 Å². The number of likely N-dealkylation sites (N-methyl/N-ethyl adjacent to an activating group) is 1. The monoisotopic (exact) mass is 660 g/mol. The van der Waals surface area contributed by atoms with E-state index in [1.807, 2.05) is 24.1 Å². The number of benzene rings is 3. The van der Waals surface area contributed by atoms with Crippen molar-refractivity contribution in [1.82, 2.24) is 19.1 Å². The van der Waals surface area contributed by atoms with Crippen LogP contribution in [-0.2, 0) is 5.41 Å².